The third kappa shape index (κ3) is 4.73. The van der Waals surface area contributed by atoms with E-state index >= 15 is 0 Å². The number of para-hydroxylation sites is 1. The number of hydrogen-bond acceptors (Lipinski definition) is 4. The van der Waals surface area contributed by atoms with Crippen molar-refractivity contribution in [2.45, 2.75) is 0 Å². The number of rotatable bonds is 5. The molecular formula is C42H27N5. The zero-order valence-electron chi connectivity index (χ0n) is 25.3. The van der Waals surface area contributed by atoms with Crippen LogP contribution in [0.25, 0.3) is 83.8 Å². The minimum absolute atomic E-state index is 0.628. The Labute approximate surface area is 271 Å². The van der Waals surface area contributed by atoms with E-state index in [1.807, 2.05) is 72.8 Å². The van der Waals surface area contributed by atoms with E-state index in [0.717, 1.165) is 66.3 Å². The highest BCUT2D eigenvalue weighted by Gasteiger charge is 2.19. The fourth-order valence-electron chi connectivity index (χ4n) is 6.38. The van der Waals surface area contributed by atoms with Gasteiger partial charge in [-0.05, 0) is 40.4 Å². The van der Waals surface area contributed by atoms with Gasteiger partial charge in [0.15, 0.2) is 17.5 Å². The molecule has 0 atom stereocenters. The van der Waals surface area contributed by atoms with Gasteiger partial charge >= 0.3 is 0 Å². The van der Waals surface area contributed by atoms with E-state index < -0.39 is 0 Å². The van der Waals surface area contributed by atoms with E-state index in [2.05, 4.69) is 95.6 Å². The summed E-state index contributed by atoms with van der Waals surface area (Å²) in [6.45, 7) is 0. The van der Waals surface area contributed by atoms with Crippen LogP contribution >= 0.6 is 0 Å². The minimum atomic E-state index is 0.628. The van der Waals surface area contributed by atoms with Crippen LogP contribution in [0.2, 0.25) is 0 Å². The average Bonchev–Trinajstić information content (AvgIpc) is 3.56. The van der Waals surface area contributed by atoms with Crippen LogP contribution in [0.4, 0.5) is 0 Å². The van der Waals surface area contributed by atoms with Crippen LogP contribution in [0.3, 0.4) is 0 Å². The van der Waals surface area contributed by atoms with Crippen LogP contribution < -0.4 is 0 Å². The lowest BCUT2D eigenvalue weighted by atomic mass is 9.98. The molecule has 0 saturated heterocycles. The van der Waals surface area contributed by atoms with Crippen molar-refractivity contribution in [3.05, 3.63) is 164 Å². The predicted molar refractivity (Wildman–Crippen MR) is 191 cm³/mol. The van der Waals surface area contributed by atoms with Gasteiger partial charge in [0.2, 0.25) is 0 Å². The Morgan fingerprint density at radius 3 is 1.49 bits per heavy atom. The Balaban J connectivity index is 1.31. The van der Waals surface area contributed by atoms with Gasteiger partial charge in [0.05, 0.1) is 11.0 Å². The molecule has 5 nitrogen and oxygen atoms in total. The largest absolute Gasteiger partial charge is 0.292 e. The van der Waals surface area contributed by atoms with E-state index in [9.17, 15) is 0 Å². The zero-order valence-corrected chi connectivity index (χ0v) is 25.3. The lowest BCUT2D eigenvalue weighted by Crippen LogP contribution is -2.00. The number of imidazole rings is 1. The van der Waals surface area contributed by atoms with Crippen molar-refractivity contribution < 1.29 is 0 Å². The van der Waals surface area contributed by atoms with Crippen molar-refractivity contribution in [1.29, 1.82) is 0 Å². The summed E-state index contributed by atoms with van der Waals surface area (Å²) in [6, 6.07) is 56.2. The van der Waals surface area contributed by atoms with Crippen molar-refractivity contribution in [1.82, 2.24) is 24.5 Å². The van der Waals surface area contributed by atoms with Gasteiger partial charge in [0.25, 0.3) is 0 Å². The Morgan fingerprint density at radius 1 is 0.383 bits per heavy atom. The van der Waals surface area contributed by atoms with E-state index in [4.69, 9.17) is 19.9 Å². The van der Waals surface area contributed by atoms with Crippen LogP contribution in [0.15, 0.2) is 164 Å². The van der Waals surface area contributed by atoms with Gasteiger partial charge in [-0.1, -0.05) is 140 Å². The summed E-state index contributed by atoms with van der Waals surface area (Å²) in [7, 11) is 0. The highest BCUT2D eigenvalue weighted by molar-refractivity contribution is 6.19. The summed E-state index contributed by atoms with van der Waals surface area (Å²) in [5.74, 6) is 2.82. The van der Waals surface area contributed by atoms with Gasteiger partial charge in [-0.15, -0.1) is 0 Å². The van der Waals surface area contributed by atoms with Gasteiger partial charge in [-0.2, -0.15) is 0 Å². The highest BCUT2D eigenvalue weighted by atomic mass is 15.1. The molecule has 0 saturated carbocycles. The minimum Gasteiger partial charge on any atom is -0.292 e. The molecule has 0 aliphatic carbocycles. The monoisotopic (exact) mass is 601 g/mol. The molecular weight excluding hydrogens is 574 g/mol. The molecule has 0 spiro atoms. The molecule has 0 radical (unpaired) electrons. The molecule has 9 aromatic rings. The maximum atomic E-state index is 5.37. The Bertz CT molecular complexity index is 2490. The lowest BCUT2D eigenvalue weighted by molar-refractivity contribution is 1.07. The summed E-state index contributed by atoms with van der Waals surface area (Å²) in [5, 5.41) is 4.47. The quantitative estimate of drug-likeness (QED) is 0.184. The summed E-state index contributed by atoms with van der Waals surface area (Å²) < 4.78 is 2.26. The maximum Gasteiger partial charge on any atom is 0.164 e. The van der Waals surface area contributed by atoms with Gasteiger partial charge in [0.1, 0.15) is 5.82 Å². The first-order chi connectivity index (χ1) is 23.3. The molecule has 0 bridgehead atoms. The van der Waals surface area contributed by atoms with E-state index in [1.165, 1.54) is 0 Å². The average molecular weight is 602 g/mol. The van der Waals surface area contributed by atoms with Gasteiger partial charge in [-0.25, -0.2) is 19.9 Å². The van der Waals surface area contributed by atoms with Crippen molar-refractivity contribution in [2.24, 2.45) is 0 Å². The first-order valence-electron chi connectivity index (χ1n) is 15.7. The van der Waals surface area contributed by atoms with E-state index in [1.54, 1.807) is 0 Å². The number of benzene rings is 7. The van der Waals surface area contributed by atoms with E-state index in [-0.39, 0.29) is 0 Å². The third-order valence-electron chi connectivity index (χ3n) is 8.63. The Kier molecular flexibility index (Phi) is 6.39. The van der Waals surface area contributed by atoms with Crippen LogP contribution in [0, 0.1) is 0 Å². The second kappa shape index (κ2) is 11.2. The molecule has 0 unspecified atom stereocenters. The Morgan fingerprint density at radius 2 is 0.872 bits per heavy atom. The van der Waals surface area contributed by atoms with Crippen molar-refractivity contribution >= 4 is 32.6 Å². The molecule has 2 heterocycles. The predicted octanol–water partition coefficient (Wildman–Crippen LogP) is 10.2. The number of fused-ring (bicyclic) bond motifs is 5. The van der Waals surface area contributed by atoms with Crippen LogP contribution in [0.5, 0.6) is 0 Å². The topological polar surface area (TPSA) is 56.5 Å². The van der Waals surface area contributed by atoms with Crippen molar-refractivity contribution in [3.63, 3.8) is 0 Å². The normalized spacial score (nSPS) is 11.4. The second-order valence-corrected chi connectivity index (χ2v) is 11.5. The first kappa shape index (κ1) is 26.9. The van der Waals surface area contributed by atoms with Crippen LogP contribution in [-0.4, -0.2) is 24.5 Å². The fourth-order valence-corrected chi connectivity index (χ4v) is 6.38. The lowest BCUT2D eigenvalue weighted by Gasteiger charge is -2.11. The standard InChI is InChI=1S/C42H27N5/c1-5-13-30(14-6-1)39-44-40(31-15-7-2-8-16-31)46-41(45-39)33-24-22-28-21-23-29-25-26-36-38(37(29)35(28)27-33)43-42(32-17-9-3-10-18-32)47(36)34-19-11-4-12-20-34/h1-27H. The fraction of sp³-hybridized carbons (Fsp3) is 0. The smallest absolute Gasteiger partial charge is 0.164 e. The first-order valence-corrected chi connectivity index (χ1v) is 15.7. The number of hydrogen-bond donors (Lipinski definition) is 0. The van der Waals surface area contributed by atoms with Gasteiger partial charge < -0.3 is 0 Å². The van der Waals surface area contributed by atoms with Crippen molar-refractivity contribution in [2.75, 3.05) is 0 Å². The molecule has 0 N–H and O–H groups in total. The molecule has 0 aliphatic heterocycles. The molecule has 220 valence electrons. The maximum absolute atomic E-state index is 5.37. The molecule has 9 rings (SSSR count). The zero-order chi connectivity index (χ0) is 31.2. The molecule has 5 heteroatoms. The SMILES string of the molecule is c1ccc(-c2nc(-c3ccccc3)nc(-c3ccc4ccc5ccc6c(nc(-c7ccccc7)n6-c6ccccc6)c5c4c3)n2)cc1. The van der Waals surface area contributed by atoms with Crippen LogP contribution in [-0.2, 0) is 0 Å². The van der Waals surface area contributed by atoms with E-state index in [0.29, 0.717) is 17.5 Å². The summed E-state index contributed by atoms with van der Waals surface area (Å²) in [5.41, 5.74) is 6.96. The summed E-state index contributed by atoms with van der Waals surface area (Å²) in [6.07, 6.45) is 0. The molecule has 47 heavy (non-hydrogen) atoms. The summed E-state index contributed by atoms with van der Waals surface area (Å²) >= 11 is 0. The van der Waals surface area contributed by atoms with Gasteiger partial charge in [0, 0.05) is 33.3 Å². The molecule has 0 fully saturated rings. The molecule has 7 aromatic carbocycles. The molecule has 2 aromatic heterocycles. The van der Waals surface area contributed by atoms with Crippen molar-refractivity contribution in [3.8, 4) is 51.2 Å². The van der Waals surface area contributed by atoms with Crippen LogP contribution in [0.1, 0.15) is 0 Å². The number of nitrogens with zero attached hydrogens (tertiary/aromatic N) is 5. The third-order valence-corrected chi connectivity index (χ3v) is 8.63. The van der Waals surface area contributed by atoms with Gasteiger partial charge in [-0.3, -0.25) is 4.57 Å². The second-order valence-electron chi connectivity index (χ2n) is 11.5. The molecule has 0 aliphatic rings. The highest BCUT2D eigenvalue weighted by Crippen LogP contribution is 2.37. The Hall–Kier alpha value is -6.46. The number of aromatic nitrogens is 5. The summed E-state index contributed by atoms with van der Waals surface area (Å²) in [4.78, 5) is 20.3. The molecule has 0 amide bonds.